The summed E-state index contributed by atoms with van der Waals surface area (Å²) in [4.78, 5) is 32.3. The molecule has 0 radical (unpaired) electrons. The predicted molar refractivity (Wildman–Crippen MR) is 158 cm³/mol. The van der Waals surface area contributed by atoms with Crippen LogP contribution in [0.4, 0.5) is 30.7 Å². The third-order valence-electron chi connectivity index (χ3n) is 8.40. The highest BCUT2D eigenvalue weighted by atomic mass is 19.4. The standard InChI is InChI=1S/C32H37F7N4O3/c1-18-9-23(33)7-8-24(18)25-14-26(19(2)10-27(45)42-16-40-17-44)41-15-30(25,5)43(6)28(46)29(3,4)20-11-21(31(34,35)36)13-22(12-20)32(37,38)39/h7-9,11-15,19,25,40,44H,10,16-17H2,1-6H3,(H,42,45). The Kier molecular flexibility index (Phi) is 10.8. The van der Waals surface area contributed by atoms with Crippen molar-refractivity contribution in [1.82, 2.24) is 15.5 Å². The minimum Gasteiger partial charge on any atom is -0.381 e. The Labute approximate surface area is 262 Å². The van der Waals surface area contributed by atoms with Crippen LogP contribution in [0.5, 0.6) is 0 Å². The van der Waals surface area contributed by atoms with Gasteiger partial charge in [-0.2, -0.15) is 26.3 Å². The summed E-state index contributed by atoms with van der Waals surface area (Å²) in [5, 5.41) is 14.0. The van der Waals surface area contributed by atoms with Crippen molar-refractivity contribution in [3.8, 4) is 0 Å². The lowest BCUT2D eigenvalue weighted by atomic mass is 9.74. The number of aliphatic hydroxyl groups excluding tert-OH is 1. The zero-order chi connectivity index (χ0) is 34.8. The molecule has 3 rings (SSSR count). The molecular weight excluding hydrogens is 621 g/mol. The smallest absolute Gasteiger partial charge is 0.381 e. The number of carbonyl (C=O) groups excluding carboxylic acids is 2. The minimum atomic E-state index is -5.10. The van der Waals surface area contributed by atoms with E-state index in [0.717, 1.165) is 0 Å². The van der Waals surface area contributed by atoms with Crippen LogP contribution in [0, 0.1) is 18.7 Å². The first kappa shape index (κ1) is 36.7. The quantitative estimate of drug-likeness (QED) is 0.165. The van der Waals surface area contributed by atoms with Gasteiger partial charge in [0, 0.05) is 37.2 Å². The van der Waals surface area contributed by atoms with Crippen LogP contribution in [0.1, 0.15) is 67.9 Å². The van der Waals surface area contributed by atoms with Gasteiger partial charge in [0.05, 0.1) is 35.5 Å². The molecule has 1 aliphatic heterocycles. The van der Waals surface area contributed by atoms with E-state index in [-0.39, 0.29) is 31.8 Å². The topological polar surface area (TPSA) is 94.0 Å². The SMILES string of the molecule is Cc1cc(F)ccc1C1C=C(C(C)CC(=O)NCNCO)N=CC1(C)N(C)C(=O)C(C)(C)c1cc(C(F)(F)F)cc(C(F)(F)F)c1. The predicted octanol–water partition coefficient (Wildman–Crippen LogP) is 6.06. The zero-order valence-electron chi connectivity index (χ0n) is 26.2. The van der Waals surface area contributed by atoms with E-state index < -0.39 is 63.6 Å². The molecule has 252 valence electrons. The number of likely N-dealkylation sites (N-methyl/N-ethyl adjacent to an activating group) is 1. The minimum absolute atomic E-state index is 0.00707. The number of hydrogen-bond donors (Lipinski definition) is 3. The van der Waals surface area contributed by atoms with E-state index in [1.807, 2.05) is 0 Å². The molecule has 14 heteroatoms. The number of aliphatic hydroxyl groups is 1. The van der Waals surface area contributed by atoms with E-state index in [9.17, 15) is 40.3 Å². The Bertz CT molecular complexity index is 1490. The number of hydrogen-bond acceptors (Lipinski definition) is 5. The molecule has 1 heterocycles. The number of rotatable bonds is 10. The van der Waals surface area contributed by atoms with Gasteiger partial charge in [0.15, 0.2) is 0 Å². The van der Waals surface area contributed by atoms with Crippen LogP contribution in [0.15, 0.2) is 53.2 Å². The molecule has 3 N–H and O–H groups in total. The van der Waals surface area contributed by atoms with Crippen molar-refractivity contribution in [3.05, 3.63) is 81.8 Å². The normalized spacial score (nSPS) is 19.4. The highest BCUT2D eigenvalue weighted by molar-refractivity contribution is 5.92. The average Bonchev–Trinajstić information content (AvgIpc) is 2.95. The van der Waals surface area contributed by atoms with Crippen molar-refractivity contribution in [2.75, 3.05) is 20.4 Å². The van der Waals surface area contributed by atoms with Gasteiger partial charge in [0.2, 0.25) is 11.8 Å². The molecule has 0 aliphatic carbocycles. The third-order valence-corrected chi connectivity index (χ3v) is 8.40. The van der Waals surface area contributed by atoms with Gasteiger partial charge in [-0.3, -0.25) is 19.9 Å². The summed E-state index contributed by atoms with van der Waals surface area (Å²) in [7, 11) is 1.38. The largest absolute Gasteiger partial charge is 0.416 e. The van der Waals surface area contributed by atoms with Gasteiger partial charge >= 0.3 is 12.4 Å². The Balaban J connectivity index is 2.07. The second-order valence-electron chi connectivity index (χ2n) is 12.1. The second-order valence-corrected chi connectivity index (χ2v) is 12.1. The molecule has 0 fully saturated rings. The van der Waals surface area contributed by atoms with Crippen molar-refractivity contribution in [2.45, 2.75) is 70.3 Å². The van der Waals surface area contributed by atoms with Gasteiger partial charge in [-0.15, -0.1) is 0 Å². The number of alkyl halides is 6. The lowest BCUT2D eigenvalue weighted by Gasteiger charge is -2.46. The molecule has 7 nitrogen and oxygen atoms in total. The summed E-state index contributed by atoms with van der Waals surface area (Å²) in [6.07, 6.45) is -7.00. The molecule has 0 spiro atoms. The number of aryl methyl sites for hydroxylation is 1. The first-order chi connectivity index (χ1) is 21.1. The number of nitrogens with one attached hydrogen (secondary N) is 2. The molecule has 0 saturated carbocycles. The van der Waals surface area contributed by atoms with Gasteiger partial charge in [-0.1, -0.05) is 19.1 Å². The van der Waals surface area contributed by atoms with Crippen LogP contribution in [0.3, 0.4) is 0 Å². The summed E-state index contributed by atoms with van der Waals surface area (Å²) >= 11 is 0. The molecule has 46 heavy (non-hydrogen) atoms. The van der Waals surface area contributed by atoms with Gasteiger partial charge in [0.1, 0.15) is 5.82 Å². The van der Waals surface area contributed by atoms with E-state index in [0.29, 0.717) is 29.0 Å². The average molecular weight is 659 g/mol. The fraction of sp³-hybridized carbons (Fsp3) is 0.469. The van der Waals surface area contributed by atoms with Crippen LogP contribution in [0.2, 0.25) is 0 Å². The summed E-state index contributed by atoms with van der Waals surface area (Å²) in [5.74, 6) is -2.77. The maximum atomic E-state index is 14.1. The molecule has 2 amide bonds. The van der Waals surface area contributed by atoms with Crippen molar-refractivity contribution in [1.29, 1.82) is 0 Å². The molecule has 2 aromatic carbocycles. The first-order valence-corrected chi connectivity index (χ1v) is 14.3. The molecule has 3 unspecified atom stereocenters. The highest BCUT2D eigenvalue weighted by Crippen LogP contribution is 2.43. The van der Waals surface area contributed by atoms with Crippen LogP contribution in [-0.4, -0.2) is 54.0 Å². The summed E-state index contributed by atoms with van der Waals surface area (Å²) in [5.41, 5.74) is -5.17. The van der Waals surface area contributed by atoms with Gasteiger partial charge < -0.3 is 15.3 Å². The number of carbonyl (C=O) groups is 2. The van der Waals surface area contributed by atoms with Crippen LogP contribution in [-0.2, 0) is 27.4 Å². The summed E-state index contributed by atoms with van der Waals surface area (Å²) in [6.45, 7) is 7.25. The van der Waals surface area contributed by atoms with E-state index >= 15 is 0 Å². The summed E-state index contributed by atoms with van der Waals surface area (Å²) in [6, 6.07) is 5.16. The van der Waals surface area contributed by atoms with Crippen molar-refractivity contribution in [2.24, 2.45) is 10.9 Å². The lowest BCUT2D eigenvalue weighted by molar-refractivity contribution is -0.144. The molecule has 0 saturated heterocycles. The van der Waals surface area contributed by atoms with Crippen LogP contribution < -0.4 is 10.6 Å². The van der Waals surface area contributed by atoms with E-state index in [2.05, 4.69) is 15.6 Å². The van der Waals surface area contributed by atoms with Gasteiger partial charge in [0.25, 0.3) is 0 Å². The molecule has 0 aromatic heterocycles. The number of benzene rings is 2. The van der Waals surface area contributed by atoms with Gasteiger partial charge in [-0.05, 0) is 74.7 Å². The lowest BCUT2D eigenvalue weighted by Crippen LogP contribution is -2.57. The van der Waals surface area contributed by atoms with Crippen LogP contribution in [0.25, 0.3) is 0 Å². The number of allylic oxidation sites excluding steroid dienone is 1. The number of nitrogens with zero attached hydrogens (tertiary/aromatic N) is 2. The maximum absolute atomic E-state index is 14.1. The number of amides is 2. The van der Waals surface area contributed by atoms with Crippen molar-refractivity contribution < 1.29 is 45.4 Å². The van der Waals surface area contributed by atoms with E-state index in [4.69, 9.17) is 5.11 Å². The molecule has 3 atom stereocenters. The molecular formula is C32H37F7N4O3. The van der Waals surface area contributed by atoms with Gasteiger partial charge in [-0.25, -0.2) is 4.39 Å². The fourth-order valence-electron chi connectivity index (χ4n) is 5.40. The molecule has 1 aliphatic rings. The Morgan fingerprint density at radius 1 is 1.02 bits per heavy atom. The van der Waals surface area contributed by atoms with Crippen molar-refractivity contribution in [3.63, 3.8) is 0 Å². The zero-order valence-corrected chi connectivity index (χ0v) is 26.2. The maximum Gasteiger partial charge on any atom is 0.416 e. The third kappa shape index (κ3) is 7.95. The fourth-order valence-corrected chi connectivity index (χ4v) is 5.40. The Morgan fingerprint density at radius 3 is 2.11 bits per heavy atom. The Hall–Kier alpha value is -3.78. The summed E-state index contributed by atoms with van der Waals surface area (Å²) < 4.78 is 96.0. The highest BCUT2D eigenvalue weighted by Gasteiger charge is 2.47. The van der Waals surface area contributed by atoms with Crippen LogP contribution >= 0.6 is 0 Å². The van der Waals surface area contributed by atoms with E-state index in [1.54, 1.807) is 26.8 Å². The second kappa shape index (κ2) is 13.5. The van der Waals surface area contributed by atoms with Crippen molar-refractivity contribution >= 4 is 18.0 Å². The Morgan fingerprint density at radius 2 is 1.59 bits per heavy atom. The monoisotopic (exact) mass is 658 g/mol. The van der Waals surface area contributed by atoms with E-state index in [1.165, 1.54) is 50.2 Å². The number of aliphatic imine (C=N–C) groups is 1. The first-order valence-electron chi connectivity index (χ1n) is 14.3. The molecule has 0 bridgehead atoms. The molecule has 2 aromatic rings. The number of halogens is 7.